The Morgan fingerprint density at radius 1 is 1.30 bits per heavy atom. The Morgan fingerprint density at radius 3 is 2.74 bits per heavy atom. The monoisotopic (exact) mass is 335 g/mol. The van der Waals surface area contributed by atoms with E-state index in [1.807, 2.05) is 0 Å². The Hall–Kier alpha value is -2.37. The summed E-state index contributed by atoms with van der Waals surface area (Å²) in [6.45, 7) is 0. The smallest absolute Gasteiger partial charge is 0.314 e. The van der Waals surface area contributed by atoms with Crippen molar-refractivity contribution in [2.24, 2.45) is 5.84 Å². The lowest BCUT2D eigenvalue weighted by atomic mass is 10.1. The lowest BCUT2D eigenvalue weighted by Gasteiger charge is -2.15. The Labute approximate surface area is 133 Å². The summed E-state index contributed by atoms with van der Waals surface area (Å²) in [7, 11) is 1.45. The molecule has 0 saturated heterocycles. The van der Waals surface area contributed by atoms with E-state index in [0.717, 1.165) is 11.9 Å². The number of fused-ring (bicyclic) bond motifs is 3. The van der Waals surface area contributed by atoms with E-state index in [9.17, 15) is 14.8 Å². The summed E-state index contributed by atoms with van der Waals surface area (Å²) in [5.41, 5.74) is 2.69. The van der Waals surface area contributed by atoms with Crippen molar-refractivity contribution in [2.75, 3.05) is 12.6 Å². The zero-order valence-electron chi connectivity index (χ0n) is 11.9. The summed E-state index contributed by atoms with van der Waals surface area (Å²) in [4.78, 5) is 33.9. The first-order chi connectivity index (χ1) is 11.0. The van der Waals surface area contributed by atoms with Gasteiger partial charge >= 0.3 is 11.1 Å². The van der Waals surface area contributed by atoms with Gasteiger partial charge in [0.05, 0.1) is 23.8 Å². The highest BCUT2D eigenvalue weighted by Crippen LogP contribution is 2.36. The van der Waals surface area contributed by atoms with Crippen LogP contribution >= 0.6 is 11.9 Å². The fourth-order valence-electron chi connectivity index (χ4n) is 2.40. The maximum Gasteiger partial charge on any atom is 0.314 e. The van der Waals surface area contributed by atoms with Crippen molar-refractivity contribution >= 4 is 39.4 Å². The number of rotatable bonds is 4. The molecule has 0 aliphatic rings. The zero-order chi connectivity index (χ0) is 16.6. The van der Waals surface area contributed by atoms with Gasteiger partial charge in [0, 0.05) is 27.6 Å². The molecule has 10 heteroatoms. The van der Waals surface area contributed by atoms with Crippen LogP contribution in [0.2, 0.25) is 0 Å². The van der Waals surface area contributed by atoms with Crippen LogP contribution in [0.15, 0.2) is 38.8 Å². The molecule has 3 rings (SSSR count). The molecule has 2 aromatic carbocycles. The van der Waals surface area contributed by atoms with Crippen molar-refractivity contribution < 1.29 is 10.0 Å². The lowest BCUT2D eigenvalue weighted by molar-refractivity contribution is 0.0164. The molecular weight excluding hydrogens is 322 g/mol. The number of aromatic amines is 2. The number of benzene rings is 2. The molecule has 6 N–H and O–H groups in total. The normalized spacial score (nSPS) is 11.5. The molecule has 120 valence electrons. The van der Waals surface area contributed by atoms with Crippen LogP contribution in [0.25, 0.3) is 21.8 Å². The molecule has 0 fully saturated rings. The minimum absolute atomic E-state index is 0.442. The minimum Gasteiger partial charge on any atom is -0.316 e. The molecule has 3 aromatic rings. The van der Waals surface area contributed by atoms with Crippen LogP contribution in [0.1, 0.15) is 0 Å². The molecule has 0 aliphatic heterocycles. The lowest BCUT2D eigenvalue weighted by Crippen LogP contribution is -2.29. The van der Waals surface area contributed by atoms with E-state index >= 15 is 0 Å². The second-order valence-electron chi connectivity index (χ2n) is 4.63. The maximum atomic E-state index is 11.6. The SMILES string of the molecule is CONc1cc2[nH]c(=O)c(=O)[nH]c2c2cccc(SN(N)O)c12. The van der Waals surface area contributed by atoms with Gasteiger partial charge in [0.15, 0.2) is 0 Å². The van der Waals surface area contributed by atoms with Gasteiger partial charge in [-0.2, -0.15) is 0 Å². The molecule has 0 amide bonds. The van der Waals surface area contributed by atoms with Gasteiger partial charge < -0.3 is 9.97 Å². The van der Waals surface area contributed by atoms with Crippen molar-refractivity contribution in [3.05, 3.63) is 45.0 Å². The van der Waals surface area contributed by atoms with Gasteiger partial charge in [-0.25, -0.2) is 5.84 Å². The number of aromatic nitrogens is 2. The molecule has 0 spiro atoms. The van der Waals surface area contributed by atoms with Crippen LogP contribution in [0.5, 0.6) is 0 Å². The molecule has 0 atom stereocenters. The highest BCUT2D eigenvalue weighted by molar-refractivity contribution is 7.97. The number of hydrogen-bond acceptors (Lipinski definition) is 8. The summed E-state index contributed by atoms with van der Waals surface area (Å²) >= 11 is 0.891. The zero-order valence-corrected chi connectivity index (χ0v) is 12.7. The first kappa shape index (κ1) is 15.5. The van der Waals surface area contributed by atoms with Crippen LogP contribution in [0.4, 0.5) is 5.69 Å². The highest BCUT2D eigenvalue weighted by atomic mass is 32.2. The second kappa shape index (κ2) is 6.02. The molecule has 1 heterocycles. The van der Waals surface area contributed by atoms with Crippen molar-refractivity contribution in [1.29, 1.82) is 0 Å². The van der Waals surface area contributed by atoms with Crippen LogP contribution < -0.4 is 22.4 Å². The Morgan fingerprint density at radius 2 is 2.04 bits per heavy atom. The van der Waals surface area contributed by atoms with E-state index in [1.165, 1.54) is 7.11 Å². The summed E-state index contributed by atoms with van der Waals surface area (Å²) in [6, 6.07) is 6.89. The van der Waals surface area contributed by atoms with Crippen molar-refractivity contribution in [1.82, 2.24) is 14.5 Å². The summed E-state index contributed by atoms with van der Waals surface area (Å²) in [5.74, 6) is 5.29. The topological polar surface area (TPSA) is 136 Å². The Balaban J connectivity index is 2.46. The van der Waals surface area contributed by atoms with Gasteiger partial charge in [-0.3, -0.25) is 25.1 Å². The van der Waals surface area contributed by atoms with Crippen molar-refractivity contribution in [3.63, 3.8) is 0 Å². The standard InChI is InChI=1S/C13H13N5O4S/c1-22-17-7-5-8-11(16-13(20)12(19)15-8)6-3-2-4-9(10(6)7)23-18(14)21/h2-5,17,21H,14H2,1H3,(H,15,19)(H,16,20). The molecule has 0 aliphatic carbocycles. The molecule has 9 nitrogen and oxygen atoms in total. The molecule has 1 aromatic heterocycles. The van der Waals surface area contributed by atoms with E-state index < -0.39 is 11.1 Å². The molecule has 0 saturated carbocycles. The van der Waals surface area contributed by atoms with Crippen LogP contribution in [0, 0.1) is 0 Å². The predicted octanol–water partition coefficient (Wildman–Crippen LogP) is 0.915. The predicted molar refractivity (Wildman–Crippen MR) is 87.0 cm³/mol. The van der Waals surface area contributed by atoms with Crippen LogP contribution in [-0.2, 0) is 4.84 Å². The fourth-order valence-corrected chi connectivity index (χ4v) is 3.05. The third kappa shape index (κ3) is 2.81. The summed E-state index contributed by atoms with van der Waals surface area (Å²) in [5, 5.41) is 10.6. The summed E-state index contributed by atoms with van der Waals surface area (Å²) < 4.78 is 0.477. The van der Waals surface area contributed by atoms with E-state index in [4.69, 9.17) is 10.7 Å². The molecular formula is C13H13N5O4S. The van der Waals surface area contributed by atoms with E-state index in [-0.39, 0.29) is 0 Å². The quantitative estimate of drug-likeness (QED) is 0.156. The first-order valence-corrected chi connectivity index (χ1v) is 7.21. The number of nitrogens with one attached hydrogen (secondary N) is 3. The van der Waals surface area contributed by atoms with Crippen LogP contribution in [-0.4, -0.2) is 26.9 Å². The van der Waals surface area contributed by atoms with E-state index in [2.05, 4.69) is 15.4 Å². The molecule has 23 heavy (non-hydrogen) atoms. The Kier molecular flexibility index (Phi) is 4.07. The van der Waals surface area contributed by atoms with Crippen molar-refractivity contribution in [3.8, 4) is 0 Å². The number of hydrazine groups is 1. The van der Waals surface area contributed by atoms with E-state index in [0.29, 0.717) is 37.0 Å². The second-order valence-corrected chi connectivity index (χ2v) is 5.63. The minimum atomic E-state index is -0.744. The van der Waals surface area contributed by atoms with Gasteiger partial charge in [-0.15, -0.1) is 0 Å². The Bertz CT molecular complexity index is 997. The van der Waals surface area contributed by atoms with Crippen molar-refractivity contribution in [2.45, 2.75) is 4.90 Å². The largest absolute Gasteiger partial charge is 0.316 e. The van der Waals surface area contributed by atoms with Gasteiger partial charge in [-0.1, -0.05) is 16.7 Å². The number of nitrogens with two attached hydrogens (primary N) is 1. The average molecular weight is 335 g/mol. The van der Waals surface area contributed by atoms with E-state index in [1.54, 1.807) is 24.3 Å². The third-order valence-corrected chi connectivity index (χ3v) is 3.94. The third-order valence-electron chi connectivity index (χ3n) is 3.22. The number of nitrogens with zero attached hydrogens (tertiary/aromatic N) is 1. The average Bonchev–Trinajstić information content (AvgIpc) is 2.49. The molecule has 0 bridgehead atoms. The van der Waals surface area contributed by atoms with Crippen LogP contribution in [0.3, 0.4) is 0 Å². The number of anilines is 1. The summed E-state index contributed by atoms with van der Waals surface area (Å²) in [6.07, 6.45) is 0. The fraction of sp³-hybridized carbons (Fsp3) is 0.0769. The van der Waals surface area contributed by atoms with Gasteiger partial charge in [-0.05, 0) is 12.1 Å². The number of hydrogen-bond donors (Lipinski definition) is 5. The highest BCUT2D eigenvalue weighted by Gasteiger charge is 2.14. The number of H-pyrrole nitrogens is 2. The molecule has 0 unspecified atom stereocenters. The van der Waals surface area contributed by atoms with Gasteiger partial charge in [0.1, 0.15) is 0 Å². The van der Waals surface area contributed by atoms with Gasteiger partial charge in [0.25, 0.3) is 0 Å². The first-order valence-electron chi connectivity index (χ1n) is 6.44. The maximum absolute atomic E-state index is 11.6. The molecule has 0 radical (unpaired) electrons. The van der Waals surface area contributed by atoms with Gasteiger partial charge in [0.2, 0.25) is 0 Å².